The molecule has 0 aromatic carbocycles. The number of unbranched alkanes of at least 4 members (excludes halogenated alkanes) is 1. The summed E-state index contributed by atoms with van der Waals surface area (Å²) in [5, 5.41) is 11.6. The first-order valence-electron chi connectivity index (χ1n) is 4.51. The molecule has 0 aliphatic rings. The third-order valence-electron chi connectivity index (χ3n) is 1.80. The van der Waals surface area contributed by atoms with Gasteiger partial charge in [-0.2, -0.15) is 0 Å². The molecule has 0 aliphatic carbocycles. The minimum Gasteiger partial charge on any atom is -0.229 e. The molecule has 0 amide bonds. The second-order valence-corrected chi connectivity index (χ2v) is 3.27. The van der Waals surface area contributed by atoms with Crippen LogP contribution >= 0.6 is 0 Å². The van der Waals surface area contributed by atoms with Crippen molar-refractivity contribution in [3.63, 3.8) is 0 Å². The lowest BCUT2D eigenvalue weighted by atomic mass is 10.2. The van der Waals surface area contributed by atoms with Gasteiger partial charge < -0.3 is 0 Å². The molecular formula is C8H16N4. The average molecular weight is 168 g/mol. The molecule has 1 aromatic rings. The van der Waals surface area contributed by atoms with Gasteiger partial charge in [0.05, 0.1) is 0 Å². The second kappa shape index (κ2) is 4.18. The zero-order chi connectivity index (χ0) is 8.97. The van der Waals surface area contributed by atoms with Gasteiger partial charge in [-0.1, -0.05) is 27.2 Å². The quantitative estimate of drug-likeness (QED) is 0.685. The Kier molecular flexibility index (Phi) is 3.19. The minimum atomic E-state index is 0.414. The van der Waals surface area contributed by atoms with E-state index in [2.05, 4.69) is 36.3 Å². The van der Waals surface area contributed by atoms with Crippen molar-refractivity contribution in [3.8, 4) is 0 Å². The normalized spacial score (nSPS) is 11.0. The Balaban J connectivity index is 2.64. The molecule has 0 fully saturated rings. The zero-order valence-corrected chi connectivity index (χ0v) is 7.99. The maximum atomic E-state index is 3.97. The van der Waals surface area contributed by atoms with Crippen LogP contribution in [-0.4, -0.2) is 20.2 Å². The van der Waals surface area contributed by atoms with Crippen molar-refractivity contribution in [2.45, 2.75) is 46.1 Å². The van der Waals surface area contributed by atoms with Crippen LogP contribution in [0.3, 0.4) is 0 Å². The monoisotopic (exact) mass is 168 g/mol. The van der Waals surface area contributed by atoms with E-state index in [4.69, 9.17) is 0 Å². The molecule has 0 saturated carbocycles. The van der Waals surface area contributed by atoms with Crippen molar-refractivity contribution in [2.75, 3.05) is 0 Å². The molecule has 4 heteroatoms. The zero-order valence-electron chi connectivity index (χ0n) is 7.99. The van der Waals surface area contributed by atoms with E-state index in [1.807, 2.05) is 4.68 Å². The highest BCUT2D eigenvalue weighted by molar-refractivity contribution is 4.87. The molecule has 0 unspecified atom stereocenters. The van der Waals surface area contributed by atoms with E-state index in [-0.39, 0.29) is 0 Å². The lowest BCUT2D eigenvalue weighted by Crippen LogP contribution is -2.07. The number of hydrogen-bond donors (Lipinski definition) is 0. The first kappa shape index (κ1) is 9.16. The predicted octanol–water partition coefficient (Wildman–Crippen LogP) is 1.60. The lowest BCUT2D eigenvalue weighted by molar-refractivity contribution is 0.521. The van der Waals surface area contributed by atoms with Gasteiger partial charge in [-0.15, -0.1) is 5.10 Å². The number of aryl methyl sites for hydroxylation is 1. The van der Waals surface area contributed by atoms with Gasteiger partial charge in [0.25, 0.3) is 0 Å². The molecule has 0 radical (unpaired) electrons. The molecule has 0 spiro atoms. The highest BCUT2D eigenvalue weighted by Crippen LogP contribution is 2.09. The first-order valence-corrected chi connectivity index (χ1v) is 4.51. The fourth-order valence-electron chi connectivity index (χ4n) is 1.09. The van der Waals surface area contributed by atoms with Gasteiger partial charge in [-0.25, -0.2) is 4.68 Å². The molecule has 1 aromatic heterocycles. The van der Waals surface area contributed by atoms with Gasteiger partial charge in [-0.3, -0.25) is 0 Å². The summed E-state index contributed by atoms with van der Waals surface area (Å²) in [5.41, 5.74) is 0. The van der Waals surface area contributed by atoms with Crippen molar-refractivity contribution >= 4 is 0 Å². The van der Waals surface area contributed by atoms with Crippen LogP contribution in [-0.2, 0) is 6.54 Å². The van der Waals surface area contributed by atoms with Crippen molar-refractivity contribution in [3.05, 3.63) is 5.82 Å². The Morgan fingerprint density at radius 3 is 2.75 bits per heavy atom. The van der Waals surface area contributed by atoms with Gasteiger partial charge in [-0.05, 0) is 16.8 Å². The van der Waals surface area contributed by atoms with Crippen LogP contribution < -0.4 is 0 Å². The molecule has 0 atom stereocenters. The third-order valence-corrected chi connectivity index (χ3v) is 1.80. The Morgan fingerprint density at radius 2 is 2.17 bits per heavy atom. The number of aromatic nitrogens is 4. The van der Waals surface area contributed by atoms with Crippen LogP contribution in [0.4, 0.5) is 0 Å². The summed E-state index contributed by atoms with van der Waals surface area (Å²) in [4.78, 5) is 0. The highest BCUT2D eigenvalue weighted by atomic mass is 15.5. The summed E-state index contributed by atoms with van der Waals surface area (Å²) in [6, 6.07) is 0. The van der Waals surface area contributed by atoms with Gasteiger partial charge in [0.1, 0.15) is 0 Å². The van der Waals surface area contributed by atoms with Crippen LogP contribution in [0.25, 0.3) is 0 Å². The van der Waals surface area contributed by atoms with Crippen molar-refractivity contribution in [1.29, 1.82) is 0 Å². The van der Waals surface area contributed by atoms with E-state index in [1.165, 1.54) is 6.42 Å². The summed E-state index contributed by atoms with van der Waals surface area (Å²) in [6.07, 6.45) is 2.32. The Bertz CT molecular complexity index is 229. The van der Waals surface area contributed by atoms with Crippen molar-refractivity contribution < 1.29 is 0 Å². The van der Waals surface area contributed by atoms with E-state index in [0.29, 0.717) is 5.92 Å². The highest BCUT2D eigenvalue weighted by Gasteiger charge is 2.08. The van der Waals surface area contributed by atoms with E-state index in [0.717, 1.165) is 18.8 Å². The lowest BCUT2D eigenvalue weighted by Gasteiger charge is -2.04. The molecule has 0 aliphatic heterocycles. The van der Waals surface area contributed by atoms with Crippen LogP contribution in [0.15, 0.2) is 0 Å². The standard InChI is InChI=1S/C8H16N4/c1-4-5-6-12-8(7(2)3)9-10-11-12/h7H,4-6H2,1-3H3. The SMILES string of the molecule is CCCCn1nnnc1C(C)C. The van der Waals surface area contributed by atoms with Gasteiger partial charge >= 0.3 is 0 Å². The van der Waals surface area contributed by atoms with E-state index < -0.39 is 0 Å². The molecular weight excluding hydrogens is 152 g/mol. The molecule has 1 rings (SSSR count). The summed E-state index contributed by atoms with van der Waals surface area (Å²) < 4.78 is 1.90. The number of hydrogen-bond acceptors (Lipinski definition) is 3. The maximum Gasteiger partial charge on any atom is 0.153 e. The predicted molar refractivity (Wildman–Crippen MR) is 46.8 cm³/mol. The van der Waals surface area contributed by atoms with Crippen LogP contribution in [0, 0.1) is 0 Å². The smallest absolute Gasteiger partial charge is 0.153 e. The van der Waals surface area contributed by atoms with Gasteiger partial charge in [0, 0.05) is 12.5 Å². The fraction of sp³-hybridized carbons (Fsp3) is 0.875. The maximum absolute atomic E-state index is 3.97. The molecule has 0 bridgehead atoms. The topological polar surface area (TPSA) is 43.6 Å². The van der Waals surface area contributed by atoms with Gasteiger partial charge in [0.15, 0.2) is 5.82 Å². The Morgan fingerprint density at radius 1 is 1.42 bits per heavy atom. The third kappa shape index (κ3) is 2.03. The van der Waals surface area contributed by atoms with Crippen molar-refractivity contribution in [2.24, 2.45) is 0 Å². The molecule has 12 heavy (non-hydrogen) atoms. The molecule has 0 saturated heterocycles. The molecule has 4 nitrogen and oxygen atoms in total. The Hall–Kier alpha value is -0.930. The minimum absolute atomic E-state index is 0.414. The molecule has 68 valence electrons. The van der Waals surface area contributed by atoms with Crippen molar-refractivity contribution in [1.82, 2.24) is 20.2 Å². The summed E-state index contributed by atoms with van der Waals surface area (Å²) in [6.45, 7) is 7.32. The average Bonchev–Trinajstić information content (AvgIpc) is 2.48. The fourth-order valence-corrected chi connectivity index (χ4v) is 1.09. The first-order chi connectivity index (χ1) is 5.75. The number of rotatable bonds is 4. The van der Waals surface area contributed by atoms with Crippen LogP contribution in [0.2, 0.25) is 0 Å². The van der Waals surface area contributed by atoms with Crippen LogP contribution in [0.5, 0.6) is 0 Å². The van der Waals surface area contributed by atoms with Crippen LogP contribution in [0.1, 0.15) is 45.4 Å². The van der Waals surface area contributed by atoms with E-state index >= 15 is 0 Å². The second-order valence-electron chi connectivity index (χ2n) is 3.27. The van der Waals surface area contributed by atoms with Gasteiger partial charge in [0.2, 0.25) is 0 Å². The molecule has 1 heterocycles. The summed E-state index contributed by atoms with van der Waals surface area (Å²) in [7, 11) is 0. The molecule has 0 N–H and O–H groups in total. The number of nitrogens with zero attached hydrogens (tertiary/aromatic N) is 4. The Labute approximate surface area is 73.0 Å². The van der Waals surface area contributed by atoms with E-state index in [9.17, 15) is 0 Å². The summed E-state index contributed by atoms with van der Waals surface area (Å²) >= 11 is 0. The van der Waals surface area contributed by atoms with E-state index in [1.54, 1.807) is 0 Å². The largest absolute Gasteiger partial charge is 0.229 e. The summed E-state index contributed by atoms with van der Waals surface area (Å²) in [5.74, 6) is 1.40. The number of tetrazole rings is 1.